The molecule has 0 aliphatic carbocycles. The van der Waals surface area contributed by atoms with Crippen LogP contribution in [0, 0.1) is 0 Å². The summed E-state index contributed by atoms with van der Waals surface area (Å²) >= 11 is 5.95. The van der Waals surface area contributed by atoms with Gasteiger partial charge in [-0.1, -0.05) is 35.9 Å². The van der Waals surface area contributed by atoms with Crippen LogP contribution in [0.3, 0.4) is 0 Å². The lowest BCUT2D eigenvalue weighted by Crippen LogP contribution is -2.42. The normalized spacial score (nSPS) is 18.4. The third kappa shape index (κ3) is 5.59. The van der Waals surface area contributed by atoms with E-state index in [1.807, 2.05) is 73.6 Å². The number of halogens is 1. The summed E-state index contributed by atoms with van der Waals surface area (Å²) in [5, 5.41) is 0.700. The largest absolute Gasteiger partial charge is 0.444 e. The molecule has 0 N–H and O–H groups in total. The topological polar surface area (TPSA) is 49.9 Å². The summed E-state index contributed by atoms with van der Waals surface area (Å²) in [5.74, 6) is 0. The van der Waals surface area contributed by atoms with Crippen molar-refractivity contribution >= 4 is 28.7 Å². The number of benzene rings is 2. The minimum Gasteiger partial charge on any atom is -0.444 e. The predicted molar refractivity (Wildman–Crippen MR) is 117 cm³/mol. The Morgan fingerprint density at radius 1 is 1.10 bits per heavy atom. The molecule has 0 spiro atoms. The molecule has 0 radical (unpaired) electrons. The monoisotopic (exact) mass is 434 g/mol. The van der Waals surface area contributed by atoms with Crippen molar-refractivity contribution in [2.45, 2.75) is 43.7 Å². The zero-order valence-corrected chi connectivity index (χ0v) is 18.8. The van der Waals surface area contributed by atoms with E-state index in [0.29, 0.717) is 18.1 Å². The van der Waals surface area contributed by atoms with Gasteiger partial charge in [0.15, 0.2) is 0 Å². The summed E-state index contributed by atoms with van der Waals surface area (Å²) < 4.78 is 20.3. The van der Waals surface area contributed by atoms with Crippen molar-refractivity contribution in [2.75, 3.05) is 20.1 Å². The molecule has 1 amide bonds. The van der Waals surface area contributed by atoms with Crippen LogP contribution in [-0.2, 0) is 15.7 Å². The van der Waals surface area contributed by atoms with Gasteiger partial charge >= 0.3 is 6.09 Å². The van der Waals surface area contributed by atoms with Crippen LogP contribution in [0.2, 0.25) is 5.02 Å². The minimum absolute atomic E-state index is 0.0119. The maximum Gasteiger partial charge on any atom is 0.410 e. The van der Waals surface area contributed by atoms with Crippen LogP contribution in [0.1, 0.15) is 27.2 Å². The summed E-state index contributed by atoms with van der Waals surface area (Å²) in [6.45, 7) is 6.78. The number of carbonyl (C=O) groups excluding carboxylic acids is 1. The molecule has 0 bridgehead atoms. The van der Waals surface area contributed by atoms with Gasteiger partial charge in [0.25, 0.3) is 0 Å². The van der Waals surface area contributed by atoms with E-state index in [4.69, 9.17) is 16.3 Å². The Kier molecular flexibility index (Phi) is 6.66. The number of amides is 1. The summed E-state index contributed by atoms with van der Waals surface area (Å²) in [6.07, 6.45) is 0.423. The summed E-state index contributed by atoms with van der Waals surface area (Å²) in [7, 11) is 0.479. The van der Waals surface area contributed by atoms with E-state index < -0.39 is 16.6 Å². The minimum atomic E-state index is -1.26. The van der Waals surface area contributed by atoms with Crippen LogP contribution >= 0.6 is 11.6 Å². The second kappa shape index (κ2) is 8.86. The van der Waals surface area contributed by atoms with Crippen molar-refractivity contribution in [3.8, 4) is 11.1 Å². The Labute approximate surface area is 180 Å². The van der Waals surface area contributed by atoms with Gasteiger partial charge in [-0.15, -0.1) is 0 Å². The van der Waals surface area contributed by atoms with Gasteiger partial charge in [-0.05, 0) is 62.6 Å². The maximum absolute atomic E-state index is 13.0. The molecule has 7 heteroatoms. The van der Waals surface area contributed by atoms with E-state index in [2.05, 4.69) is 0 Å². The third-order valence-electron chi connectivity index (χ3n) is 4.82. The highest BCUT2D eigenvalue weighted by atomic mass is 35.5. The highest BCUT2D eigenvalue weighted by Gasteiger charge is 2.33. The average molecular weight is 435 g/mol. The SMILES string of the molecule is CN(C(=O)OC(C)(C)C)[C@@H]1CCN(S(=O)c2ccc(-c3ccc(Cl)cc3)cc2)C1. The van der Waals surface area contributed by atoms with Gasteiger partial charge in [-0.3, -0.25) is 0 Å². The lowest BCUT2D eigenvalue weighted by Gasteiger charge is -2.28. The fourth-order valence-electron chi connectivity index (χ4n) is 3.22. The highest BCUT2D eigenvalue weighted by Crippen LogP contribution is 2.25. The van der Waals surface area contributed by atoms with Crippen LogP contribution in [0.15, 0.2) is 53.4 Å². The van der Waals surface area contributed by atoms with Crippen LogP contribution in [0.25, 0.3) is 11.1 Å². The Balaban J connectivity index is 1.62. The van der Waals surface area contributed by atoms with Crippen molar-refractivity contribution < 1.29 is 13.7 Å². The highest BCUT2D eigenvalue weighted by molar-refractivity contribution is 7.82. The molecule has 0 aromatic heterocycles. The molecular weight excluding hydrogens is 408 g/mol. The molecule has 1 unspecified atom stereocenters. The molecule has 29 heavy (non-hydrogen) atoms. The zero-order chi connectivity index (χ0) is 21.2. The van der Waals surface area contributed by atoms with Gasteiger partial charge in [0.05, 0.1) is 4.90 Å². The molecule has 1 aliphatic heterocycles. The molecule has 0 saturated carbocycles. The van der Waals surface area contributed by atoms with Gasteiger partial charge < -0.3 is 9.64 Å². The van der Waals surface area contributed by atoms with Crippen molar-refractivity contribution in [1.29, 1.82) is 0 Å². The molecule has 2 atom stereocenters. The molecule has 1 saturated heterocycles. The lowest BCUT2D eigenvalue weighted by atomic mass is 10.1. The number of hydrogen-bond acceptors (Lipinski definition) is 3. The maximum atomic E-state index is 13.0. The Morgan fingerprint density at radius 3 is 2.21 bits per heavy atom. The Bertz CT molecular complexity index is 878. The van der Waals surface area contributed by atoms with Gasteiger partial charge in [-0.2, -0.15) is 0 Å². The van der Waals surface area contributed by atoms with Gasteiger partial charge in [0.1, 0.15) is 16.6 Å². The average Bonchev–Trinajstić information content (AvgIpc) is 3.16. The second-order valence-corrected chi connectivity index (χ2v) is 10.1. The quantitative estimate of drug-likeness (QED) is 0.682. The first kappa shape index (κ1) is 21.8. The lowest BCUT2D eigenvalue weighted by molar-refractivity contribution is 0.0233. The fourth-order valence-corrected chi connectivity index (χ4v) is 4.59. The Morgan fingerprint density at radius 2 is 1.66 bits per heavy atom. The number of hydrogen-bond donors (Lipinski definition) is 0. The molecule has 156 valence electrons. The van der Waals surface area contributed by atoms with Gasteiger partial charge in [0, 0.05) is 31.2 Å². The number of carbonyl (C=O) groups is 1. The van der Waals surface area contributed by atoms with E-state index in [9.17, 15) is 9.00 Å². The molecule has 2 aromatic rings. The van der Waals surface area contributed by atoms with Crippen molar-refractivity contribution in [2.24, 2.45) is 0 Å². The smallest absolute Gasteiger partial charge is 0.410 e. The molecule has 1 fully saturated rings. The number of ether oxygens (including phenoxy) is 1. The fraction of sp³-hybridized carbons (Fsp3) is 0.409. The van der Waals surface area contributed by atoms with Crippen LogP contribution in [0.5, 0.6) is 0 Å². The van der Waals surface area contributed by atoms with Crippen LogP contribution in [-0.4, -0.2) is 51.3 Å². The summed E-state index contributed by atoms with van der Waals surface area (Å²) in [4.78, 5) is 14.7. The van der Waals surface area contributed by atoms with Crippen molar-refractivity contribution in [3.05, 3.63) is 53.6 Å². The van der Waals surface area contributed by atoms with Gasteiger partial charge in [-0.25, -0.2) is 13.3 Å². The van der Waals surface area contributed by atoms with E-state index in [-0.39, 0.29) is 12.1 Å². The van der Waals surface area contributed by atoms with Crippen molar-refractivity contribution in [3.63, 3.8) is 0 Å². The molecule has 5 nitrogen and oxygen atoms in total. The molecule has 3 rings (SSSR count). The third-order valence-corrected chi connectivity index (χ3v) is 6.55. The van der Waals surface area contributed by atoms with E-state index in [0.717, 1.165) is 22.4 Å². The molecule has 2 aromatic carbocycles. The molecule has 1 aliphatic rings. The number of rotatable bonds is 4. The second-order valence-electron chi connectivity index (χ2n) is 8.20. The first-order valence-corrected chi connectivity index (χ1v) is 11.1. The summed E-state index contributed by atoms with van der Waals surface area (Å²) in [5.41, 5.74) is 1.58. The first-order valence-electron chi connectivity index (χ1n) is 9.63. The standard InChI is InChI=1S/C22H27ClN2O3S/c1-22(2,3)28-21(26)24(4)19-13-14-25(15-19)29(27)20-11-7-17(8-12-20)16-5-9-18(23)10-6-16/h5-12,19H,13-15H2,1-4H3/t19-,29?/m1/s1. The molecule has 1 heterocycles. The zero-order valence-electron chi connectivity index (χ0n) is 17.2. The predicted octanol–water partition coefficient (Wildman–Crippen LogP) is 4.97. The van der Waals surface area contributed by atoms with E-state index in [1.165, 1.54) is 0 Å². The van der Waals surface area contributed by atoms with Crippen molar-refractivity contribution in [1.82, 2.24) is 9.21 Å². The summed E-state index contributed by atoms with van der Waals surface area (Å²) in [6, 6.07) is 15.4. The number of nitrogens with zero attached hydrogens (tertiary/aromatic N) is 2. The number of likely N-dealkylation sites (N-methyl/N-ethyl adjacent to an activating group) is 1. The van der Waals surface area contributed by atoms with Crippen LogP contribution < -0.4 is 0 Å². The van der Waals surface area contributed by atoms with Crippen LogP contribution in [0.4, 0.5) is 4.79 Å². The van der Waals surface area contributed by atoms with E-state index >= 15 is 0 Å². The Hall–Kier alpha value is -1.89. The first-order chi connectivity index (χ1) is 13.6. The molecular formula is C22H27ClN2O3S. The van der Waals surface area contributed by atoms with Gasteiger partial charge in [0.2, 0.25) is 0 Å². The van der Waals surface area contributed by atoms with E-state index in [1.54, 1.807) is 11.9 Å².